The number of nitrogens with two attached hydrogens (primary N) is 1. The SMILES string of the molecule is C=Cc1scc(C(N)=O)c1C=C.CC.CC1(C)[C@@H]2CC(CC=O)C[C@H]1C2. The summed E-state index contributed by atoms with van der Waals surface area (Å²) in [5, 5.41) is 1.72. The molecule has 0 aliphatic heterocycles. The van der Waals surface area contributed by atoms with E-state index in [0.717, 1.165) is 40.9 Å². The third kappa shape index (κ3) is 4.73. The third-order valence-electron chi connectivity index (χ3n) is 5.85. The van der Waals surface area contributed by atoms with Crippen LogP contribution >= 0.6 is 11.3 Å². The van der Waals surface area contributed by atoms with Crippen LogP contribution in [0.2, 0.25) is 0 Å². The third-order valence-corrected chi connectivity index (χ3v) is 6.85. The van der Waals surface area contributed by atoms with E-state index >= 15 is 0 Å². The summed E-state index contributed by atoms with van der Waals surface area (Å²) in [5.41, 5.74) is 7.04. The first-order chi connectivity index (χ1) is 12.3. The highest BCUT2D eigenvalue weighted by Crippen LogP contribution is 2.60. The molecular weight excluding hydrogens is 342 g/mol. The van der Waals surface area contributed by atoms with E-state index in [4.69, 9.17) is 5.73 Å². The summed E-state index contributed by atoms with van der Waals surface area (Å²) in [6, 6.07) is 0. The average molecular weight is 376 g/mol. The molecular formula is C22H33NO2S. The predicted molar refractivity (Wildman–Crippen MR) is 113 cm³/mol. The van der Waals surface area contributed by atoms with Crippen molar-refractivity contribution in [3.8, 4) is 0 Å². The van der Waals surface area contributed by atoms with Gasteiger partial charge in [0.2, 0.25) is 5.91 Å². The van der Waals surface area contributed by atoms with Crippen LogP contribution in [0.25, 0.3) is 12.2 Å². The largest absolute Gasteiger partial charge is 0.366 e. The van der Waals surface area contributed by atoms with Gasteiger partial charge in [0, 0.05) is 22.2 Å². The molecule has 0 saturated heterocycles. The lowest BCUT2D eigenvalue weighted by Crippen LogP contribution is -2.50. The number of amides is 1. The van der Waals surface area contributed by atoms with Gasteiger partial charge in [-0.1, -0.05) is 53.0 Å². The van der Waals surface area contributed by atoms with Crippen LogP contribution in [0.5, 0.6) is 0 Å². The number of rotatable bonds is 5. The fourth-order valence-corrected chi connectivity index (χ4v) is 5.00. The van der Waals surface area contributed by atoms with Gasteiger partial charge in [-0.05, 0) is 42.4 Å². The molecule has 3 nitrogen and oxygen atoms in total. The van der Waals surface area contributed by atoms with Gasteiger partial charge < -0.3 is 10.5 Å². The molecule has 1 heterocycles. The van der Waals surface area contributed by atoms with Crippen LogP contribution in [0.3, 0.4) is 0 Å². The Bertz CT molecular complexity index is 631. The van der Waals surface area contributed by atoms with Crippen molar-refractivity contribution in [1.29, 1.82) is 0 Å². The maximum atomic E-state index is 10.9. The van der Waals surface area contributed by atoms with E-state index in [-0.39, 0.29) is 0 Å². The number of thiophene rings is 1. The van der Waals surface area contributed by atoms with Gasteiger partial charge in [0.25, 0.3) is 0 Å². The lowest BCUT2D eigenvalue weighted by molar-refractivity contribution is -0.115. The van der Waals surface area contributed by atoms with Crippen molar-refractivity contribution in [3.63, 3.8) is 0 Å². The molecule has 3 atom stereocenters. The molecule has 2 bridgehead atoms. The van der Waals surface area contributed by atoms with Gasteiger partial charge in [0.05, 0.1) is 5.56 Å². The second kappa shape index (κ2) is 9.86. The molecule has 2 N–H and O–H groups in total. The number of carbonyl (C=O) groups is 2. The summed E-state index contributed by atoms with van der Waals surface area (Å²) in [6.07, 6.45) is 9.26. The minimum absolute atomic E-state index is 0.422. The minimum atomic E-state index is -0.422. The fourth-order valence-electron chi connectivity index (χ4n) is 4.09. The van der Waals surface area contributed by atoms with Crippen LogP contribution in [0.1, 0.15) is 74.2 Å². The van der Waals surface area contributed by atoms with Crippen LogP contribution in [-0.2, 0) is 4.79 Å². The molecule has 1 unspecified atom stereocenters. The summed E-state index contributed by atoms with van der Waals surface area (Å²) in [4.78, 5) is 22.1. The Hall–Kier alpha value is -1.68. The Kier molecular flexibility index (Phi) is 8.48. The van der Waals surface area contributed by atoms with Crippen LogP contribution in [0, 0.1) is 23.2 Å². The van der Waals surface area contributed by atoms with Gasteiger partial charge in [-0.3, -0.25) is 4.79 Å². The molecule has 0 spiro atoms. The summed E-state index contributed by atoms with van der Waals surface area (Å²) in [6.45, 7) is 16.0. The van der Waals surface area contributed by atoms with Crippen molar-refractivity contribution in [3.05, 3.63) is 34.5 Å². The maximum absolute atomic E-state index is 10.9. The average Bonchev–Trinajstić information content (AvgIpc) is 3.07. The zero-order chi connectivity index (χ0) is 19.9. The number of hydrogen-bond donors (Lipinski definition) is 1. The molecule has 3 aliphatic carbocycles. The highest BCUT2D eigenvalue weighted by Gasteiger charge is 2.52. The van der Waals surface area contributed by atoms with Gasteiger partial charge in [-0.25, -0.2) is 0 Å². The number of carbonyl (C=O) groups excluding carboxylic acids is 2. The Morgan fingerprint density at radius 3 is 2.19 bits per heavy atom. The second-order valence-corrected chi connectivity index (χ2v) is 8.30. The molecule has 144 valence electrons. The monoisotopic (exact) mass is 375 g/mol. The van der Waals surface area contributed by atoms with Crippen molar-refractivity contribution >= 4 is 35.7 Å². The van der Waals surface area contributed by atoms with Crippen LogP contribution < -0.4 is 5.73 Å². The molecule has 1 amide bonds. The smallest absolute Gasteiger partial charge is 0.250 e. The Morgan fingerprint density at radius 1 is 1.23 bits per heavy atom. The lowest BCUT2D eigenvalue weighted by Gasteiger charge is -2.58. The summed E-state index contributed by atoms with van der Waals surface area (Å²) >= 11 is 1.44. The molecule has 26 heavy (non-hydrogen) atoms. The van der Waals surface area contributed by atoms with E-state index in [1.165, 1.54) is 30.6 Å². The summed E-state index contributed by atoms with van der Waals surface area (Å²) in [5.74, 6) is 2.14. The summed E-state index contributed by atoms with van der Waals surface area (Å²) in [7, 11) is 0. The van der Waals surface area contributed by atoms with Gasteiger partial charge in [0.15, 0.2) is 0 Å². The zero-order valence-corrected chi connectivity index (χ0v) is 17.4. The van der Waals surface area contributed by atoms with E-state index < -0.39 is 5.91 Å². The van der Waals surface area contributed by atoms with Gasteiger partial charge in [-0.2, -0.15) is 0 Å². The van der Waals surface area contributed by atoms with E-state index in [1.807, 2.05) is 13.8 Å². The normalized spacial score (nSPS) is 24.5. The Labute approximate surface area is 162 Å². The molecule has 1 aromatic rings. The maximum Gasteiger partial charge on any atom is 0.250 e. The first kappa shape index (κ1) is 22.4. The second-order valence-electron chi connectivity index (χ2n) is 7.39. The molecule has 3 saturated carbocycles. The Balaban J connectivity index is 0.000000238. The number of hydrogen-bond acceptors (Lipinski definition) is 3. The zero-order valence-electron chi connectivity index (χ0n) is 16.6. The van der Waals surface area contributed by atoms with Gasteiger partial charge in [0.1, 0.15) is 6.29 Å². The lowest BCUT2D eigenvalue weighted by atomic mass is 9.46. The number of primary amides is 1. The highest BCUT2D eigenvalue weighted by molar-refractivity contribution is 7.11. The molecule has 4 rings (SSSR count). The number of fused-ring (bicyclic) bond motifs is 2. The van der Waals surface area contributed by atoms with Crippen molar-refractivity contribution in [2.24, 2.45) is 28.9 Å². The van der Waals surface area contributed by atoms with Crippen molar-refractivity contribution in [1.82, 2.24) is 0 Å². The molecule has 3 fully saturated rings. The first-order valence-corrected chi connectivity index (χ1v) is 10.3. The van der Waals surface area contributed by atoms with Crippen molar-refractivity contribution in [2.45, 2.75) is 53.4 Å². The Morgan fingerprint density at radius 2 is 1.81 bits per heavy atom. The molecule has 1 aromatic heterocycles. The van der Waals surface area contributed by atoms with Crippen molar-refractivity contribution < 1.29 is 9.59 Å². The van der Waals surface area contributed by atoms with E-state index in [9.17, 15) is 9.59 Å². The fraction of sp³-hybridized carbons (Fsp3) is 0.545. The molecule has 0 radical (unpaired) electrons. The highest BCUT2D eigenvalue weighted by atomic mass is 32.1. The molecule has 4 heteroatoms. The predicted octanol–water partition coefficient (Wildman–Crippen LogP) is 5.81. The van der Waals surface area contributed by atoms with Gasteiger partial charge >= 0.3 is 0 Å². The van der Waals surface area contributed by atoms with E-state index in [2.05, 4.69) is 27.0 Å². The number of aldehydes is 1. The minimum Gasteiger partial charge on any atom is -0.366 e. The quantitative estimate of drug-likeness (QED) is 0.660. The van der Waals surface area contributed by atoms with Crippen LogP contribution in [-0.4, -0.2) is 12.2 Å². The van der Waals surface area contributed by atoms with Crippen molar-refractivity contribution in [2.75, 3.05) is 0 Å². The van der Waals surface area contributed by atoms with Crippen LogP contribution in [0.4, 0.5) is 0 Å². The van der Waals surface area contributed by atoms with Crippen LogP contribution in [0.15, 0.2) is 18.5 Å². The summed E-state index contributed by atoms with van der Waals surface area (Å²) < 4.78 is 0. The van der Waals surface area contributed by atoms with Gasteiger partial charge in [-0.15, -0.1) is 11.3 Å². The van der Waals surface area contributed by atoms with E-state index in [1.54, 1.807) is 17.5 Å². The standard InChI is InChI=1S/C11H18O.C9H9NOS.C2H6/c1-11(2)9-5-8(3-4-12)6-10(11)7-9;1-3-6-7(9(10)11)5-12-8(6)4-2;1-2/h4,8-10H,3,5-7H2,1-2H3;3-5H,1-2H2,(H2,10,11);1-2H3/t8?,9-,10+;;. The van der Waals surface area contributed by atoms with E-state index in [0.29, 0.717) is 11.0 Å². The topological polar surface area (TPSA) is 60.2 Å². The molecule has 3 aliphatic rings. The first-order valence-electron chi connectivity index (χ1n) is 9.44. The molecule has 0 aromatic carbocycles.